The first-order valence-corrected chi connectivity index (χ1v) is 8.51. The molecule has 1 saturated heterocycles. The lowest BCUT2D eigenvalue weighted by Crippen LogP contribution is -2.53. The highest BCUT2D eigenvalue weighted by Gasteiger charge is 2.25. The highest BCUT2D eigenvalue weighted by atomic mass is 19.1. The zero-order valence-electron chi connectivity index (χ0n) is 14.4. The van der Waals surface area contributed by atoms with Gasteiger partial charge in [0, 0.05) is 44.6 Å². The van der Waals surface area contributed by atoms with Gasteiger partial charge >= 0.3 is 0 Å². The predicted molar refractivity (Wildman–Crippen MR) is 95.6 cm³/mol. The summed E-state index contributed by atoms with van der Waals surface area (Å²) < 4.78 is 13.6. The van der Waals surface area contributed by atoms with Gasteiger partial charge in [-0.3, -0.25) is 19.6 Å². The molecule has 1 aromatic carbocycles. The molecule has 1 aromatic heterocycles. The molecule has 0 bridgehead atoms. The van der Waals surface area contributed by atoms with Crippen LogP contribution in [-0.2, 0) is 11.3 Å². The molecule has 1 atom stereocenters. The molecule has 0 radical (unpaired) electrons. The van der Waals surface area contributed by atoms with E-state index in [1.165, 1.54) is 11.6 Å². The third-order valence-electron chi connectivity index (χ3n) is 4.47. The van der Waals surface area contributed by atoms with Crippen molar-refractivity contribution in [1.29, 1.82) is 0 Å². The molecule has 5 nitrogen and oxygen atoms in total. The van der Waals surface area contributed by atoms with E-state index in [1.54, 1.807) is 24.4 Å². The van der Waals surface area contributed by atoms with Gasteiger partial charge in [-0.1, -0.05) is 18.2 Å². The van der Waals surface area contributed by atoms with Gasteiger partial charge in [0.1, 0.15) is 5.82 Å². The summed E-state index contributed by atoms with van der Waals surface area (Å²) in [5, 5.41) is 2.65. The van der Waals surface area contributed by atoms with Crippen LogP contribution in [0.1, 0.15) is 12.5 Å². The maximum absolute atomic E-state index is 13.6. The fourth-order valence-corrected chi connectivity index (χ4v) is 3.14. The van der Waals surface area contributed by atoms with E-state index in [1.807, 2.05) is 12.3 Å². The third-order valence-corrected chi connectivity index (χ3v) is 4.47. The van der Waals surface area contributed by atoms with Gasteiger partial charge in [0.15, 0.2) is 0 Å². The summed E-state index contributed by atoms with van der Waals surface area (Å²) in [5.74, 6) is -0.595. The number of anilines is 1. The van der Waals surface area contributed by atoms with Crippen LogP contribution in [0.5, 0.6) is 0 Å². The van der Waals surface area contributed by atoms with Crippen molar-refractivity contribution in [2.75, 3.05) is 31.5 Å². The molecular weight excluding hydrogens is 319 g/mol. The van der Waals surface area contributed by atoms with Gasteiger partial charge in [0.2, 0.25) is 5.91 Å². The molecule has 0 saturated carbocycles. The zero-order chi connectivity index (χ0) is 17.6. The lowest BCUT2D eigenvalue weighted by molar-refractivity contribution is -0.118. The first kappa shape index (κ1) is 17.5. The minimum Gasteiger partial charge on any atom is -0.322 e. The number of carbonyl (C=O) groups is 1. The van der Waals surface area contributed by atoms with Crippen LogP contribution < -0.4 is 5.32 Å². The van der Waals surface area contributed by atoms with Crippen LogP contribution in [0.25, 0.3) is 0 Å². The Labute approximate surface area is 147 Å². The first-order chi connectivity index (χ1) is 12.1. The average Bonchev–Trinajstić information content (AvgIpc) is 2.60. The van der Waals surface area contributed by atoms with E-state index < -0.39 is 5.82 Å². The molecule has 0 spiro atoms. The van der Waals surface area contributed by atoms with Crippen molar-refractivity contribution in [3.63, 3.8) is 0 Å². The minimum absolute atomic E-state index is 0.183. The quantitative estimate of drug-likeness (QED) is 0.906. The maximum Gasteiger partial charge on any atom is 0.238 e. The fraction of sp³-hybridized carbons (Fsp3) is 0.368. The van der Waals surface area contributed by atoms with E-state index in [0.717, 1.165) is 26.2 Å². The number of rotatable bonds is 5. The summed E-state index contributed by atoms with van der Waals surface area (Å²) in [6.07, 6.45) is 3.66. The molecule has 1 aliphatic heterocycles. The highest BCUT2D eigenvalue weighted by Crippen LogP contribution is 2.15. The Kier molecular flexibility index (Phi) is 5.73. The van der Waals surface area contributed by atoms with Crippen molar-refractivity contribution in [2.45, 2.75) is 19.5 Å². The van der Waals surface area contributed by atoms with E-state index in [9.17, 15) is 9.18 Å². The Morgan fingerprint density at radius 3 is 2.84 bits per heavy atom. The first-order valence-electron chi connectivity index (χ1n) is 8.51. The number of hydrogen-bond acceptors (Lipinski definition) is 4. The van der Waals surface area contributed by atoms with Gasteiger partial charge in [-0.05, 0) is 30.7 Å². The minimum atomic E-state index is -0.412. The van der Waals surface area contributed by atoms with Gasteiger partial charge in [0.25, 0.3) is 0 Å². The lowest BCUT2D eigenvalue weighted by Gasteiger charge is -2.39. The number of carbonyl (C=O) groups excluding carboxylic acids is 1. The number of nitrogens with zero attached hydrogens (tertiary/aromatic N) is 3. The molecule has 3 rings (SSSR count). The number of aromatic nitrogens is 1. The molecule has 1 aliphatic rings. The molecule has 25 heavy (non-hydrogen) atoms. The Morgan fingerprint density at radius 1 is 1.28 bits per heavy atom. The van der Waals surface area contributed by atoms with E-state index in [-0.39, 0.29) is 24.2 Å². The predicted octanol–water partition coefficient (Wildman–Crippen LogP) is 2.37. The van der Waals surface area contributed by atoms with Crippen LogP contribution in [0, 0.1) is 5.82 Å². The molecule has 6 heteroatoms. The van der Waals surface area contributed by atoms with Crippen LogP contribution in [0.3, 0.4) is 0 Å². The molecule has 2 heterocycles. The van der Waals surface area contributed by atoms with Crippen molar-refractivity contribution < 1.29 is 9.18 Å². The number of hydrogen-bond donors (Lipinski definition) is 1. The van der Waals surface area contributed by atoms with Crippen LogP contribution in [-0.4, -0.2) is 52.9 Å². The highest BCUT2D eigenvalue weighted by molar-refractivity contribution is 5.92. The molecular formula is C19H23FN4O. The number of piperazine rings is 1. The van der Waals surface area contributed by atoms with Gasteiger partial charge in [0.05, 0.1) is 12.2 Å². The second-order valence-corrected chi connectivity index (χ2v) is 6.44. The van der Waals surface area contributed by atoms with Crippen molar-refractivity contribution in [1.82, 2.24) is 14.8 Å². The van der Waals surface area contributed by atoms with E-state index in [2.05, 4.69) is 33.1 Å². The summed E-state index contributed by atoms with van der Waals surface area (Å²) in [4.78, 5) is 20.9. The summed E-state index contributed by atoms with van der Waals surface area (Å²) in [6, 6.07) is 10.5. The summed E-state index contributed by atoms with van der Waals surface area (Å²) in [6.45, 7) is 5.86. The van der Waals surface area contributed by atoms with Crippen molar-refractivity contribution in [3.05, 3.63) is 60.2 Å². The van der Waals surface area contributed by atoms with Crippen LogP contribution in [0.4, 0.5) is 10.1 Å². The number of benzene rings is 1. The van der Waals surface area contributed by atoms with Gasteiger partial charge in [-0.2, -0.15) is 0 Å². The molecule has 0 unspecified atom stereocenters. The van der Waals surface area contributed by atoms with Crippen LogP contribution in [0.2, 0.25) is 0 Å². The fourth-order valence-electron chi connectivity index (χ4n) is 3.14. The number of halogens is 1. The Hall–Kier alpha value is -2.31. The number of para-hydroxylation sites is 1. The average molecular weight is 342 g/mol. The van der Waals surface area contributed by atoms with Crippen LogP contribution >= 0.6 is 0 Å². The normalized spacial score (nSPS) is 18.9. The van der Waals surface area contributed by atoms with Gasteiger partial charge in [-0.15, -0.1) is 0 Å². The summed E-state index contributed by atoms with van der Waals surface area (Å²) in [7, 11) is 0. The Bertz CT molecular complexity index is 710. The lowest BCUT2D eigenvalue weighted by atomic mass is 10.1. The maximum atomic E-state index is 13.6. The Morgan fingerprint density at radius 2 is 2.12 bits per heavy atom. The number of pyridine rings is 1. The molecule has 1 amide bonds. The van der Waals surface area contributed by atoms with Crippen LogP contribution in [0.15, 0.2) is 48.8 Å². The standard InChI is InChI=1S/C19H23FN4O/c1-15-12-23(13-16-5-4-8-21-11-16)9-10-24(15)14-19(25)22-18-7-3-2-6-17(18)20/h2-8,11,15H,9-10,12-14H2,1H3,(H,22,25)/t15-/m1/s1. The molecule has 1 N–H and O–H groups in total. The smallest absolute Gasteiger partial charge is 0.238 e. The van der Waals surface area contributed by atoms with Crippen molar-refractivity contribution in [3.8, 4) is 0 Å². The van der Waals surface area contributed by atoms with E-state index >= 15 is 0 Å². The number of nitrogens with one attached hydrogen (secondary N) is 1. The van der Waals surface area contributed by atoms with Gasteiger partial charge < -0.3 is 5.32 Å². The summed E-state index contributed by atoms with van der Waals surface area (Å²) in [5.41, 5.74) is 1.43. The van der Waals surface area contributed by atoms with E-state index in [4.69, 9.17) is 0 Å². The SMILES string of the molecule is C[C@@H]1CN(Cc2cccnc2)CCN1CC(=O)Nc1ccccc1F. The molecule has 0 aliphatic carbocycles. The second kappa shape index (κ2) is 8.18. The zero-order valence-corrected chi connectivity index (χ0v) is 14.4. The molecule has 132 valence electrons. The topological polar surface area (TPSA) is 48.5 Å². The van der Waals surface area contributed by atoms with Gasteiger partial charge in [-0.25, -0.2) is 4.39 Å². The second-order valence-electron chi connectivity index (χ2n) is 6.44. The van der Waals surface area contributed by atoms with Crippen molar-refractivity contribution >= 4 is 11.6 Å². The summed E-state index contributed by atoms with van der Waals surface area (Å²) >= 11 is 0. The third kappa shape index (κ3) is 4.84. The molecule has 2 aromatic rings. The number of amides is 1. The Balaban J connectivity index is 1.50. The van der Waals surface area contributed by atoms with E-state index in [0.29, 0.717) is 0 Å². The largest absolute Gasteiger partial charge is 0.322 e. The van der Waals surface area contributed by atoms with Crippen molar-refractivity contribution in [2.24, 2.45) is 0 Å². The monoisotopic (exact) mass is 342 g/mol. The molecule has 1 fully saturated rings.